The lowest BCUT2D eigenvalue weighted by Crippen LogP contribution is -2.41. The number of halogens is 4. The molecule has 0 unspecified atom stereocenters. The van der Waals surface area contributed by atoms with Crippen LogP contribution in [0.5, 0.6) is 0 Å². The van der Waals surface area contributed by atoms with Crippen LogP contribution in [0.1, 0.15) is 18.4 Å². The van der Waals surface area contributed by atoms with Gasteiger partial charge in [0.25, 0.3) is 0 Å². The first-order valence-corrected chi connectivity index (χ1v) is 11.6. The summed E-state index contributed by atoms with van der Waals surface area (Å²) in [5.74, 6) is -1.33. The van der Waals surface area contributed by atoms with Gasteiger partial charge in [-0.2, -0.15) is 0 Å². The standard InChI is InChI=1S/C19H18Cl3FN2O3S/c20-15-3-1-12(9-16(15)21)11-29(27,28)25-7-5-13(6-8-25)19(26)24-14-2-4-18(23)17(22)10-14/h1-4,9-10,13H,5-8,11H2,(H,24,26). The summed E-state index contributed by atoms with van der Waals surface area (Å²) in [4.78, 5) is 12.4. The molecule has 0 aliphatic carbocycles. The summed E-state index contributed by atoms with van der Waals surface area (Å²) in [6.45, 7) is 0.484. The van der Waals surface area contributed by atoms with Crippen LogP contribution in [-0.4, -0.2) is 31.7 Å². The van der Waals surface area contributed by atoms with E-state index in [0.29, 0.717) is 34.1 Å². The molecule has 2 aromatic carbocycles. The number of nitrogens with one attached hydrogen (secondary N) is 1. The van der Waals surface area contributed by atoms with E-state index in [2.05, 4.69) is 5.32 Å². The van der Waals surface area contributed by atoms with E-state index in [4.69, 9.17) is 34.8 Å². The number of hydrogen-bond donors (Lipinski definition) is 1. The fourth-order valence-electron chi connectivity index (χ4n) is 3.15. The fraction of sp³-hybridized carbons (Fsp3) is 0.316. The number of carbonyl (C=O) groups is 1. The zero-order chi connectivity index (χ0) is 21.2. The molecule has 0 aromatic heterocycles. The Kier molecular flexibility index (Phi) is 7.06. The van der Waals surface area contributed by atoms with Crippen molar-refractivity contribution in [3.05, 3.63) is 62.8 Å². The van der Waals surface area contributed by atoms with Crippen molar-refractivity contribution in [2.45, 2.75) is 18.6 Å². The number of hydrogen-bond acceptors (Lipinski definition) is 3. The van der Waals surface area contributed by atoms with Gasteiger partial charge in [-0.25, -0.2) is 17.1 Å². The molecule has 0 atom stereocenters. The van der Waals surface area contributed by atoms with Gasteiger partial charge in [-0.3, -0.25) is 4.79 Å². The molecule has 156 valence electrons. The van der Waals surface area contributed by atoms with Crippen LogP contribution in [0.3, 0.4) is 0 Å². The van der Waals surface area contributed by atoms with Gasteiger partial charge in [0.05, 0.1) is 20.8 Å². The number of nitrogens with zero attached hydrogens (tertiary/aromatic N) is 1. The molecule has 0 bridgehead atoms. The third-order valence-electron chi connectivity index (χ3n) is 4.74. The number of rotatable bonds is 5. The van der Waals surface area contributed by atoms with Gasteiger partial charge in [-0.05, 0) is 48.7 Å². The average Bonchev–Trinajstić information content (AvgIpc) is 2.67. The normalized spacial score (nSPS) is 16.0. The van der Waals surface area contributed by atoms with Crippen molar-refractivity contribution in [1.29, 1.82) is 0 Å². The van der Waals surface area contributed by atoms with E-state index in [1.54, 1.807) is 12.1 Å². The maximum Gasteiger partial charge on any atom is 0.227 e. The minimum atomic E-state index is -3.54. The van der Waals surface area contributed by atoms with Gasteiger partial charge in [0, 0.05) is 24.7 Å². The highest BCUT2D eigenvalue weighted by Gasteiger charge is 2.31. The van der Waals surface area contributed by atoms with Crippen molar-refractivity contribution in [2.24, 2.45) is 5.92 Å². The van der Waals surface area contributed by atoms with E-state index in [0.717, 1.165) is 0 Å². The largest absolute Gasteiger partial charge is 0.326 e. The lowest BCUT2D eigenvalue weighted by molar-refractivity contribution is -0.120. The molecule has 1 saturated heterocycles. The van der Waals surface area contributed by atoms with Crippen LogP contribution < -0.4 is 5.32 Å². The molecule has 1 heterocycles. The monoisotopic (exact) mass is 478 g/mol. The summed E-state index contributed by atoms with van der Waals surface area (Å²) >= 11 is 17.5. The van der Waals surface area contributed by atoms with Crippen LogP contribution in [-0.2, 0) is 20.6 Å². The van der Waals surface area contributed by atoms with Crippen LogP contribution in [0.25, 0.3) is 0 Å². The van der Waals surface area contributed by atoms with Crippen LogP contribution in [0.4, 0.5) is 10.1 Å². The Morgan fingerprint density at radius 3 is 2.34 bits per heavy atom. The Labute approximate surface area is 183 Å². The molecular weight excluding hydrogens is 462 g/mol. The van der Waals surface area contributed by atoms with Gasteiger partial charge in [-0.15, -0.1) is 0 Å². The second-order valence-electron chi connectivity index (χ2n) is 6.80. The highest BCUT2D eigenvalue weighted by molar-refractivity contribution is 7.88. The molecular formula is C19H18Cl3FN2O3S. The summed E-state index contributed by atoms with van der Waals surface area (Å²) in [5, 5.41) is 3.29. The number of piperidine rings is 1. The number of anilines is 1. The lowest BCUT2D eigenvalue weighted by atomic mass is 9.97. The molecule has 1 aliphatic heterocycles. The molecule has 1 aliphatic rings. The summed E-state index contributed by atoms with van der Waals surface area (Å²) < 4.78 is 40.0. The van der Waals surface area contributed by atoms with Crippen LogP contribution in [0, 0.1) is 11.7 Å². The summed E-state index contributed by atoms with van der Waals surface area (Å²) in [7, 11) is -3.54. The first kappa shape index (κ1) is 22.3. The first-order chi connectivity index (χ1) is 13.7. The third-order valence-corrected chi connectivity index (χ3v) is 7.62. The van der Waals surface area contributed by atoms with Gasteiger partial charge in [-0.1, -0.05) is 40.9 Å². The Hall–Kier alpha value is -1.38. The summed E-state index contributed by atoms with van der Waals surface area (Å²) in [6.07, 6.45) is 0.780. The molecule has 1 fully saturated rings. The SMILES string of the molecule is O=C(Nc1ccc(F)c(Cl)c1)C1CCN(S(=O)(=O)Cc2ccc(Cl)c(Cl)c2)CC1. The van der Waals surface area contributed by atoms with Gasteiger partial charge in [0.2, 0.25) is 15.9 Å². The molecule has 1 amide bonds. The van der Waals surface area contributed by atoms with Crippen molar-refractivity contribution in [3.8, 4) is 0 Å². The van der Waals surface area contributed by atoms with Crippen LogP contribution in [0.15, 0.2) is 36.4 Å². The van der Waals surface area contributed by atoms with Gasteiger partial charge in [0.1, 0.15) is 5.82 Å². The Balaban J connectivity index is 1.57. The van der Waals surface area contributed by atoms with Crippen molar-refractivity contribution in [3.63, 3.8) is 0 Å². The number of amides is 1. The van der Waals surface area contributed by atoms with E-state index in [1.165, 1.54) is 28.6 Å². The molecule has 3 rings (SSSR count). The average molecular weight is 480 g/mol. The van der Waals surface area contributed by atoms with Crippen molar-refractivity contribution in [2.75, 3.05) is 18.4 Å². The third kappa shape index (κ3) is 5.61. The molecule has 10 heteroatoms. The quantitative estimate of drug-likeness (QED) is 0.659. The van der Waals surface area contributed by atoms with Crippen molar-refractivity contribution >= 4 is 56.4 Å². The number of benzene rings is 2. The predicted molar refractivity (Wildman–Crippen MR) is 113 cm³/mol. The Morgan fingerprint density at radius 2 is 1.72 bits per heavy atom. The van der Waals surface area contributed by atoms with Crippen molar-refractivity contribution < 1.29 is 17.6 Å². The molecule has 5 nitrogen and oxygen atoms in total. The predicted octanol–water partition coefficient (Wildman–Crippen LogP) is 4.97. The Bertz CT molecular complexity index is 1030. The lowest BCUT2D eigenvalue weighted by Gasteiger charge is -2.30. The molecule has 29 heavy (non-hydrogen) atoms. The topological polar surface area (TPSA) is 66.5 Å². The van der Waals surface area contributed by atoms with E-state index in [9.17, 15) is 17.6 Å². The van der Waals surface area contributed by atoms with E-state index in [1.807, 2.05) is 0 Å². The molecule has 0 spiro atoms. The van der Waals surface area contributed by atoms with E-state index >= 15 is 0 Å². The summed E-state index contributed by atoms with van der Waals surface area (Å²) in [5.41, 5.74) is 0.948. The van der Waals surface area contributed by atoms with Crippen LogP contribution in [0.2, 0.25) is 15.1 Å². The maximum absolute atomic E-state index is 13.2. The second kappa shape index (κ2) is 9.18. The molecule has 2 aromatic rings. The summed E-state index contributed by atoms with van der Waals surface area (Å²) in [6, 6.07) is 8.67. The Morgan fingerprint density at radius 1 is 1.03 bits per heavy atom. The van der Waals surface area contributed by atoms with Gasteiger partial charge >= 0.3 is 0 Å². The number of sulfonamides is 1. The second-order valence-corrected chi connectivity index (χ2v) is 9.99. The minimum Gasteiger partial charge on any atom is -0.326 e. The fourth-order valence-corrected chi connectivity index (χ4v) is 5.20. The first-order valence-electron chi connectivity index (χ1n) is 8.83. The van der Waals surface area contributed by atoms with E-state index < -0.39 is 15.8 Å². The highest BCUT2D eigenvalue weighted by Crippen LogP contribution is 2.27. The number of carbonyl (C=O) groups excluding carboxylic acids is 1. The van der Waals surface area contributed by atoms with Crippen molar-refractivity contribution in [1.82, 2.24) is 4.31 Å². The smallest absolute Gasteiger partial charge is 0.227 e. The molecule has 0 saturated carbocycles. The zero-order valence-corrected chi connectivity index (χ0v) is 18.3. The van der Waals surface area contributed by atoms with Gasteiger partial charge < -0.3 is 5.32 Å². The van der Waals surface area contributed by atoms with Crippen LogP contribution >= 0.6 is 34.8 Å². The molecule has 0 radical (unpaired) electrons. The maximum atomic E-state index is 13.2. The van der Waals surface area contributed by atoms with E-state index in [-0.39, 0.29) is 35.7 Å². The zero-order valence-electron chi connectivity index (χ0n) is 15.2. The van der Waals surface area contributed by atoms with Gasteiger partial charge in [0.15, 0.2) is 0 Å². The molecule has 1 N–H and O–H groups in total. The highest BCUT2D eigenvalue weighted by atomic mass is 35.5. The minimum absolute atomic E-state index is 0.0778.